The van der Waals surface area contributed by atoms with E-state index in [1.165, 1.54) is 6.07 Å². The number of rotatable bonds is 3. The van der Waals surface area contributed by atoms with Crippen LogP contribution in [0.2, 0.25) is 0 Å². The number of halogens is 1. The van der Waals surface area contributed by atoms with Crippen molar-refractivity contribution in [3.63, 3.8) is 0 Å². The van der Waals surface area contributed by atoms with E-state index >= 15 is 0 Å². The summed E-state index contributed by atoms with van der Waals surface area (Å²) in [6.07, 6.45) is 0. The second-order valence-corrected chi connectivity index (χ2v) is 7.30. The first-order valence-electron chi connectivity index (χ1n) is 6.63. The second-order valence-electron chi connectivity index (χ2n) is 4.98. The van der Waals surface area contributed by atoms with Crippen LogP contribution in [-0.2, 0) is 0 Å². The van der Waals surface area contributed by atoms with Gasteiger partial charge in [-0.2, -0.15) is 0 Å². The van der Waals surface area contributed by atoms with Crippen LogP contribution in [0, 0.1) is 12.7 Å². The zero-order valence-corrected chi connectivity index (χ0v) is 13.4. The Morgan fingerprint density at radius 2 is 2.05 bits per heavy atom. The summed E-state index contributed by atoms with van der Waals surface area (Å²) in [6.45, 7) is 3.63. The molecule has 1 unspecified atom stereocenters. The summed E-state index contributed by atoms with van der Waals surface area (Å²) in [5.41, 5.74) is 8.41. The number of aryl methyl sites for hydroxylation is 1. The van der Waals surface area contributed by atoms with Gasteiger partial charge in [-0.25, -0.2) is 9.37 Å². The minimum Gasteiger partial charge on any atom is -0.324 e. The predicted octanol–water partition coefficient (Wildman–Crippen LogP) is 4.91. The monoisotopic (exact) mass is 318 g/mol. The maximum Gasteiger partial charge on any atom is 0.155 e. The number of fused-ring (bicyclic) bond motifs is 1. The number of hydrogen-bond acceptors (Lipinski definition) is 4. The van der Waals surface area contributed by atoms with Crippen LogP contribution in [0.15, 0.2) is 45.6 Å². The summed E-state index contributed by atoms with van der Waals surface area (Å²) in [5, 5.41) is 0. The molecule has 0 saturated heterocycles. The van der Waals surface area contributed by atoms with E-state index in [0.717, 1.165) is 25.0 Å². The van der Waals surface area contributed by atoms with E-state index in [1.807, 2.05) is 31.2 Å². The first-order valence-corrected chi connectivity index (χ1v) is 8.27. The Morgan fingerprint density at radius 3 is 2.76 bits per heavy atom. The first kappa shape index (κ1) is 14.5. The summed E-state index contributed by atoms with van der Waals surface area (Å²) >= 11 is 3.19. The molecule has 0 fully saturated rings. The Balaban J connectivity index is 2.02. The third kappa shape index (κ3) is 2.95. The molecule has 0 aliphatic carbocycles. The molecule has 0 aliphatic heterocycles. The minimum absolute atomic E-state index is 0.211. The van der Waals surface area contributed by atoms with Gasteiger partial charge in [0, 0.05) is 10.9 Å². The lowest BCUT2D eigenvalue weighted by Gasteiger charge is -2.13. The lowest BCUT2D eigenvalue weighted by Crippen LogP contribution is -2.07. The number of nitrogens with two attached hydrogens (primary N) is 1. The average Bonchev–Trinajstić information content (AvgIpc) is 2.84. The zero-order chi connectivity index (χ0) is 15.0. The van der Waals surface area contributed by atoms with Crippen molar-refractivity contribution in [3.05, 3.63) is 53.3 Å². The highest BCUT2D eigenvalue weighted by molar-refractivity contribution is 8.01. The topological polar surface area (TPSA) is 38.9 Å². The molecule has 0 spiro atoms. The number of para-hydroxylation sites is 1. The van der Waals surface area contributed by atoms with E-state index in [1.54, 1.807) is 30.0 Å². The van der Waals surface area contributed by atoms with Crippen molar-refractivity contribution in [2.45, 2.75) is 29.1 Å². The number of hydrogen-bond donors (Lipinski definition) is 1. The minimum atomic E-state index is -0.212. The highest BCUT2D eigenvalue weighted by atomic mass is 32.2. The van der Waals surface area contributed by atoms with Crippen molar-refractivity contribution in [1.82, 2.24) is 4.98 Å². The van der Waals surface area contributed by atoms with Crippen LogP contribution in [-0.4, -0.2) is 4.98 Å². The van der Waals surface area contributed by atoms with E-state index in [-0.39, 0.29) is 11.9 Å². The highest BCUT2D eigenvalue weighted by Gasteiger charge is 2.14. The van der Waals surface area contributed by atoms with E-state index in [9.17, 15) is 4.39 Å². The van der Waals surface area contributed by atoms with E-state index in [0.29, 0.717) is 5.56 Å². The van der Waals surface area contributed by atoms with Gasteiger partial charge in [0.1, 0.15) is 5.82 Å². The average molecular weight is 318 g/mol. The maximum atomic E-state index is 13.7. The van der Waals surface area contributed by atoms with Gasteiger partial charge >= 0.3 is 0 Å². The third-order valence-electron chi connectivity index (χ3n) is 3.25. The Bertz CT molecular complexity index is 763. The van der Waals surface area contributed by atoms with E-state index < -0.39 is 0 Å². The highest BCUT2D eigenvalue weighted by Crippen LogP contribution is 2.38. The van der Waals surface area contributed by atoms with Crippen LogP contribution in [0.5, 0.6) is 0 Å². The molecule has 2 nitrogen and oxygen atoms in total. The van der Waals surface area contributed by atoms with Gasteiger partial charge in [-0.1, -0.05) is 23.9 Å². The Morgan fingerprint density at radius 1 is 1.29 bits per heavy atom. The fourth-order valence-electron chi connectivity index (χ4n) is 2.10. The second kappa shape index (κ2) is 5.75. The molecule has 0 bridgehead atoms. The van der Waals surface area contributed by atoms with Crippen LogP contribution in [0.25, 0.3) is 10.2 Å². The smallest absolute Gasteiger partial charge is 0.155 e. The number of benzene rings is 2. The van der Waals surface area contributed by atoms with Gasteiger partial charge in [0.05, 0.1) is 10.2 Å². The molecule has 3 rings (SSSR count). The molecule has 0 amide bonds. The van der Waals surface area contributed by atoms with Crippen molar-refractivity contribution in [2.75, 3.05) is 0 Å². The molecule has 108 valence electrons. The number of thiazole rings is 1. The molecule has 0 saturated carbocycles. The van der Waals surface area contributed by atoms with Gasteiger partial charge in [-0.15, -0.1) is 11.3 Å². The van der Waals surface area contributed by atoms with Crippen LogP contribution in [0.4, 0.5) is 4.39 Å². The van der Waals surface area contributed by atoms with Crippen molar-refractivity contribution >= 4 is 33.3 Å². The molecule has 2 aromatic carbocycles. The van der Waals surface area contributed by atoms with E-state index in [4.69, 9.17) is 5.73 Å². The summed E-state index contributed by atoms with van der Waals surface area (Å²) < 4.78 is 15.9. The SMILES string of the molecule is Cc1cc(Sc2nc3ccccc3s2)c(C(C)N)cc1F. The van der Waals surface area contributed by atoms with Crippen LogP contribution in [0.3, 0.4) is 0 Å². The van der Waals surface area contributed by atoms with Crippen molar-refractivity contribution in [2.24, 2.45) is 5.73 Å². The van der Waals surface area contributed by atoms with E-state index in [2.05, 4.69) is 11.1 Å². The fraction of sp³-hybridized carbons (Fsp3) is 0.188. The number of nitrogens with zero attached hydrogens (tertiary/aromatic N) is 1. The predicted molar refractivity (Wildman–Crippen MR) is 87.5 cm³/mol. The van der Waals surface area contributed by atoms with Gasteiger partial charge in [-0.05, 0) is 49.2 Å². The molecule has 1 aromatic heterocycles. The van der Waals surface area contributed by atoms with Gasteiger partial charge < -0.3 is 5.73 Å². The Labute approximate surface area is 131 Å². The van der Waals surface area contributed by atoms with Gasteiger partial charge in [0.15, 0.2) is 4.34 Å². The molecule has 21 heavy (non-hydrogen) atoms. The maximum absolute atomic E-state index is 13.7. The molecule has 2 N–H and O–H groups in total. The summed E-state index contributed by atoms with van der Waals surface area (Å²) in [6, 6.07) is 11.2. The van der Waals surface area contributed by atoms with Crippen LogP contribution >= 0.6 is 23.1 Å². The molecule has 5 heteroatoms. The molecule has 0 radical (unpaired) electrons. The summed E-state index contributed by atoms with van der Waals surface area (Å²) in [4.78, 5) is 5.58. The van der Waals surface area contributed by atoms with Crippen LogP contribution in [0.1, 0.15) is 24.1 Å². The van der Waals surface area contributed by atoms with Crippen molar-refractivity contribution < 1.29 is 4.39 Å². The molecule has 3 aromatic rings. The molecular weight excluding hydrogens is 303 g/mol. The standard InChI is InChI=1S/C16H15FN2S2/c1-9-7-15(11(10(2)18)8-12(9)17)21-16-19-13-5-3-4-6-14(13)20-16/h3-8,10H,18H2,1-2H3. The van der Waals surface area contributed by atoms with Gasteiger partial charge in [-0.3, -0.25) is 0 Å². The van der Waals surface area contributed by atoms with Gasteiger partial charge in [0.2, 0.25) is 0 Å². The summed E-state index contributed by atoms with van der Waals surface area (Å²) in [5.74, 6) is -0.212. The van der Waals surface area contributed by atoms with Crippen molar-refractivity contribution in [3.8, 4) is 0 Å². The quantitative estimate of drug-likeness (QED) is 0.745. The lowest BCUT2D eigenvalue weighted by atomic mass is 10.1. The molecule has 1 atom stereocenters. The zero-order valence-electron chi connectivity index (χ0n) is 11.8. The Kier molecular flexibility index (Phi) is 3.97. The summed E-state index contributed by atoms with van der Waals surface area (Å²) in [7, 11) is 0. The molecule has 0 aliphatic rings. The fourth-order valence-corrected chi connectivity index (χ4v) is 4.44. The molecular formula is C16H15FN2S2. The van der Waals surface area contributed by atoms with Crippen molar-refractivity contribution in [1.29, 1.82) is 0 Å². The lowest BCUT2D eigenvalue weighted by molar-refractivity contribution is 0.610. The van der Waals surface area contributed by atoms with Crippen LogP contribution < -0.4 is 5.73 Å². The number of aromatic nitrogens is 1. The Hall–Kier alpha value is -1.43. The normalized spacial score (nSPS) is 12.8. The van der Waals surface area contributed by atoms with Gasteiger partial charge in [0.25, 0.3) is 0 Å². The molecule has 1 heterocycles. The third-order valence-corrected chi connectivity index (χ3v) is 5.42. The largest absolute Gasteiger partial charge is 0.324 e. The first-order chi connectivity index (χ1) is 10.0.